The molecule has 0 radical (unpaired) electrons. The van der Waals surface area contributed by atoms with Crippen LogP contribution < -0.4 is 5.32 Å². The van der Waals surface area contributed by atoms with Crippen molar-refractivity contribution in [2.75, 3.05) is 19.8 Å². The lowest BCUT2D eigenvalue weighted by atomic mass is 9.95. The van der Waals surface area contributed by atoms with Gasteiger partial charge in [0.2, 0.25) is 0 Å². The van der Waals surface area contributed by atoms with E-state index in [1.165, 1.54) is 6.07 Å². The van der Waals surface area contributed by atoms with Crippen molar-refractivity contribution < 1.29 is 22.3 Å². The Labute approximate surface area is 122 Å². The Morgan fingerprint density at radius 1 is 1.19 bits per heavy atom. The maximum Gasteiger partial charge on any atom is 0.411 e. The molecule has 6 heteroatoms. The SMILES string of the molecule is CC(C)NCC(CCOCC(F)(F)F)c1ccccc1F. The first-order valence-electron chi connectivity index (χ1n) is 6.92. The van der Waals surface area contributed by atoms with Gasteiger partial charge in [0.05, 0.1) is 0 Å². The molecule has 0 spiro atoms. The van der Waals surface area contributed by atoms with Crippen LogP contribution in [-0.2, 0) is 4.74 Å². The van der Waals surface area contributed by atoms with Crippen molar-refractivity contribution in [1.82, 2.24) is 5.32 Å². The predicted octanol–water partition coefficient (Wildman–Crippen LogP) is 3.88. The average Bonchev–Trinajstić information content (AvgIpc) is 2.37. The normalized spacial score (nSPS) is 13.7. The largest absolute Gasteiger partial charge is 0.411 e. The maximum atomic E-state index is 13.8. The van der Waals surface area contributed by atoms with Gasteiger partial charge in [-0.3, -0.25) is 0 Å². The van der Waals surface area contributed by atoms with Crippen molar-refractivity contribution in [3.05, 3.63) is 35.6 Å². The summed E-state index contributed by atoms with van der Waals surface area (Å²) in [6.07, 6.45) is -4.00. The number of ether oxygens (including phenoxy) is 1. The van der Waals surface area contributed by atoms with Crippen LogP contribution in [0.15, 0.2) is 24.3 Å². The first-order valence-corrected chi connectivity index (χ1v) is 6.92. The van der Waals surface area contributed by atoms with Crippen LogP contribution in [0.2, 0.25) is 0 Å². The van der Waals surface area contributed by atoms with Gasteiger partial charge in [0.15, 0.2) is 0 Å². The molecule has 1 N–H and O–H groups in total. The van der Waals surface area contributed by atoms with Crippen molar-refractivity contribution in [3.8, 4) is 0 Å². The Hall–Kier alpha value is -1.14. The van der Waals surface area contributed by atoms with Gasteiger partial charge in [0, 0.05) is 25.1 Å². The fraction of sp³-hybridized carbons (Fsp3) is 0.600. The summed E-state index contributed by atoms with van der Waals surface area (Å²) in [4.78, 5) is 0. The van der Waals surface area contributed by atoms with E-state index in [0.29, 0.717) is 18.5 Å². The summed E-state index contributed by atoms with van der Waals surface area (Å²) in [6.45, 7) is 3.08. The van der Waals surface area contributed by atoms with Crippen LogP contribution in [-0.4, -0.2) is 32.0 Å². The summed E-state index contributed by atoms with van der Waals surface area (Å²) in [5.41, 5.74) is 0.501. The molecule has 1 aromatic rings. The molecule has 2 nitrogen and oxygen atoms in total. The molecule has 1 atom stereocenters. The summed E-state index contributed by atoms with van der Waals surface area (Å²) in [5, 5.41) is 3.18. The van der Waals surface area contributed by atoms with E-state index in [1.54, 1.807) is 18.2 Å². The molecule has 0 saturated heterocycles. The quantitative estimate of drug-likeness (QED) is 0.581. The molecule has 0 bridgehead atoms. The number of alkyl halides is 3. The molecule has 0 aliphatic rings. The third-order valence-corrected chi connectivity index (χ3v) is 2.99. The summed E-state index contributed by atoms with van der Waals surface area (Å²) < 4.78 is 54.5. The van der Waals surface area contributed by atoms with E-state index in [1.807, 2.05) is 13.8 Å². The molecule has 0 heterocycles. The minimum atomic E-state index is -4.33. The summed E-state index contributed by atoms with van der Waals surface area (Å²) in [7, 11) is 0. The van der Waals surface area contributed by atoms with Gasteiger partial charge in [-0.1, -0.05) is 32.0 Å². The van der Waals surface area contributed by atoms with Crippen molar-refractivity contribution >= 4 is 0 Å². The Kier molecular flexibility index (Phi) is 7.11. The highest BCUT2D eigenvalue weighted by molar-refractivity contribution is 5.22. The standard InChI is InChI=1S/C15H21F4NO/c1-11(2)20-9-12(7-8-21-10-15(17,18)19)13-5-3-4-6-14(13)16/h3-6,11-12,20H,7-10H2,1-2H3. The summed E-state index contributed by atoms with van der Waals surface area (Å²) >= 11 is 0. The van der Waals surface area contributed by atoms with E-state index in [4.69, 9.17) is 0 Å². The fourth-order valence-electron chi connectivity index (χ4n) is 1.97. The van der Waals surface area contributed by atoms with E-state index in [2.05, 4.69) is 10.1 Å². The molecule has 21 heavy (non-hydrogen) atoms. The average molecular weight is 307 g/mol. The smallest absolute Gasteiger partial charge is 0.372 e. The maximum absolute atomic E-state index is 13.8. The molecule has 0 aliphatic carbocycles. The zero-order valence-electron chi connectivity index (χ0n) is 12.2. The van der Waals surface area contributed by atoms with E-state index in [0.717, 1.165) is 0 Å². The van der Waals surface area contributed by atoms with Crippen LogP contribution in [0, 0.1) is 5.82 Å². The summed E-state index contributed by atoms with van der Waals surface area (Å²) in [6, 6.07) is 6.54. The lowest BCUT2D eigenvalue weighted by Crippen LogP contribution is -2.29. The number of benzene rings is 1. The van der Waals surface area contributed by atoms with Crippen LogP contribution >= 0.6 is 0 Å². The fourth-order valence-corrected chi connectivity index (χ4v) is 1.97. The minimum Gasteiger partial charge on any atom is -0.372 e. The molecule has 1 aromatic carbocycles. The molecule has 1 unspecified atom stereocenters. The molecule has 1 rings (SSSR count). The van der Waals surface area contributed by atoms with Crippen molar-refractivity contribution in [1.29, 1.82) is 0 Å². The van der Waals surface area contributed by atoms with E-state index in [-0.39, 0.29) is 24.4 Å². The zero-order valence-corrected chi connectivity index (χ0v) is 12.2. The number of hydrogen-bond donors (Lipinski definition) is 1. The second-order valence-corrected chi connectivity index (χ2v) is 5.24. The number of halogens is 4. The molecular formula is C15H21F4NO. The lowest BCUT2D eigenvalue weighted by Gasteiger charge is -2.20. The third-order valence-electron chi connectivity index (χ3n) is 2.99. The van der Waals surface area contributed by atoms with E-state index >= 15 is 0 Å². The Balaban J connectivity index is 2.59. The molecular weight excluding hydrogens is 286 g/mol. The first kappa shape index (κ1) is 17.9. The monoisotopic (exact) mass is 307 g/mol. The summed E-state index contributed by atoms with van der Waals surface area (Å²) in [5.74, 6) is -0.564. The number of rotatable bonds is 8. The van der Waals surface area contributed by atoms with Gasteiger partial charge in [-0.05, 0) is 18.1 Å². The Morgan fingerprint density at radius 3 is 2.43 bits per heavy atom. The first-order chi connectivity index (χ1) is 9.79. The van der Waals surface area contributed by atoms with E-state index < -0.39 is 12.8 Å². The Morgan fingerprint density at radius 2 is 1.86 bits per heavy atom. The molecule has 0 amide bonds. The van der Waals surface area contributed by atoms with Crippen LogP contribution in [0.5, 0.6) is 0 Å². The second-order valence-electron chi connectivity index (χ2n) is 5.24. The minimum absolute atomic E-state index is 0.0573. The second kappa shape index (κ2) is 8.34. The van der Waals surface area contributed by atoms with Gasteiger partial charge in [-0.2, -0.15) is 13.2 Å². The van der Waals surface area contributed by atoms with Gasteiger partial charge in [-0.15, -0.1) is 0 Å². The van der Waals surface area contributed by atoms with Crippen molar-refractivity contribution in [2.24, 2.45) is 0 Å². The highest BCUT2D eigenvalue weighted by atomic mass is 19.4. The third kappa shape index (κ3) is 7.43. The van der Waals surface area contributed by atoms with Gasteiger partial charge in [0.1, 0.15) is 12.4 Å². The predicted molar refractivity (Wildman–Crippen MR) is 73.8 cm³/mol. The van der Waals surface area contributed by atoms with E-state index in [9.17, 15) is 17.6 Å². The van der Waals surface area contributed by atoms with Gasteiger partial charge in [-0.25, -0.2) is 4.39 Å². The number of hydrogen-bond acceptors (Lipinski definition) is 2. The molecule has 120 valence electrons. The zero-order chi connectivity index (χ0) is 15.9. The molecule has 0 saturated carbocycles. The van der Waals surface area contributed by atoms with Crippen LogP contribution in [0.1, 0.15) is 31.7 Å². The Bertz CT molecular complexity index is 420. The van der Waals surface area contributed by atoms with Crippen molar-refractivity contribution in [3.63, 3.8) is 0 Å². The van der Waals surface area contributed by atoms with Gasteiger partial charge >= 0.3 is 6.18 Å². The number of nitrogens with one attached hydrogen (secondary N) is 1. The highest BCUT2D eigenvalue weighted by Crippen LogP contribution is 2.23. The van der Waals surface area contributed by atoms with Gasteiger partial charge in [0.25, 0.3) is 0 Å². The topological polar surface area (TPSA) is 21.3 Å². The molecule has 0 aliphatic heterocycles. The van der Waals surface area contributed by atoms with Crippen molar-refractivity contribution in [2.45, 2.75) is 38.4 Å². The van der Waals surface area contributed by atoms with Gasteiger partial charge < -0.3 is 10.1 Å². The molecule has 0 fully saturated rings. The van der Waals surface area contributed by atoms with Crippen LogP contribution in [0.25, 0.3) is 0 Å². The van der Waals surface area contributed by atoms with Crippen LogP contribution in [0.3, 0.4) is 0 Å². The highest BCUT2D eigenvalue weighted by Gasteiger charge is 2.27. The molecule has 0 aromatic heterocycles. The van der Waals surface area contributed by atoms with Crippen LogP contribution in [0.4, 0.5) is 17.6 Å². The lowest BCUT2D eigenvalue weighted by molar-refractivity contribution is -0.174.